The molecule has 126 valence electrons. The molecule has 0 aliphatic rings. The molecule has 0 aliphatic heterocycles. The predicted molar refractivity (Wildman–Crippen MR) is 96.0 cm³/mol. The molecule has 1 aromatic heterocycles. The fraction of sp³-hybridized carbons (Fsp3) is 0.105. The Hall–Kier alpha value is -2.92. The van der Waals surface area contributed by atoms with E-state index in [9.17, 15) is 9.59 Å². The first-order valence-corrected chi connectivity index (χ1v) is 7.94. The lowest BCUT2D eigenvalue weighted by Gasteiger charge is -2.12. The van der Waals surface area contributed by atoms with Gasteiger partial charge in [0, 0.05) is 11.3 Å². The van der Waals surface area contributed by atoms with Crippen molar-refractivity contribution in [3.05, 3.63) is 87.1 Å². The number of ketones is 1. The third kappa shape index (κ3) is 3.19. The van der Waals surface area contributed by atoms with Gasteiger partial charge in [0.25, 0.3) is 5.56 Å². The number of nitrogens with zero attached hydrogens (tertiary/aromatic N) is 2. The number of ether oxygens (including phenoxy) is 1. The van der Waals surface area contributed by atoms with Gasteiger partial charge in [-0.1, -0.05) is 29.8 Å². The first-order valence-electron chi connectivity index (χ1n) is 7.56. The summed E-state index contributed by atoms with van der Waals surface area (Å²) in [7, 11) is 1.54. The first-order chi connectivity index (χ1) is 12.0. The number of hydrogen-bond donors (Lipinski definition) is 0. The second-order valence-electron chi connectivity index (χ2n) is 5.37. The van der Waals surface area contributed by atoms with Crippen LogP contribution in [0.5, 0.6) is 5.75 Å². The quantitative estimate of drug-likeness (QED) is 0.673. The Morgan fingerprint density at radius 2 is 1.72 bits per heavy atom. The molecular weight excluding hydrogens is 340 g/mol. The third-order valence-electron chi connectivity index (χ3n) is 3.83. The number of rotatable bonds is 4. The van der Waals surface area contributed by atoms with Crippen LogP contribution in [0, 0.1) is 6.92 Å². The van der Waals surface area contributed by atoms with Crippen molar-refractivity contribution in [1.29, 1.82) is 0 Å². The van der Waals surface area contributed by atoms with Crippen molar-refractivity contribution in [2.45, 2.75) is 6.92 Å². The summed E-state index contributed by atoms with van der Waals surface area (Å²) in [5.41, 5.74) is 0.714. The highest BCUT2D eigenvalue weighted by molar-refractivity contribution is 6.30. The smallest absolute Gasteiger partial charge is 0.285 e. The Kier molecular flexibility index (Phi) is 4.67. The molecule has 0 N–H and O–H groups in total. The minimum atomic E-state index is -0.506. The lowest BCUT2D eigenvalue weighted by atomic mass is 10.1. The Balaban J connectivity index is 2.15. The number of halogens is 1. The molecule has 0 amide bonds. The third-order valence-corrected chi connectivity index (χ3v) is 4.19. The zero-order valence-corrected chi connectivity index (χ0v) is 14.4. The maximum atomic E-state index is 12.9. The SMILES string of the molecule is COc1ccc(C(=O)c2nc(Cl)c(C)n(-c3ccccc3)c2=O)cc1. The Morgan fingerprint density at radius 1 is 1.08 bits per heavy atom. The van der Waals surface area contributed by atoms with Crippen LogP contribution >= 0.6 is 11.6 Å². The van der Waals surface area contributed by atoms with Crippen LogP contribution in [0.25, 0.3) is 5.69 Å². The van der Waals surface area contributed by atoms with E-state index in [1.54, 1.807) is 55.5 Å². The van der Waals surface area contributed by atoms with Crippen LogP contribution < -0.4 is 10.3 Å². The second kappa shape index (κ2) is 6.91. The molecule has 25 heavy (non-hydrogen) atoms. The van der Waals surface area contributed by atoms with Crippen molar-refractivity contribution in [3.8, 4) is 11.4 Å². The van der Waals surface area contributed by atoms with E-state index >= 15 is 0 Å². The number of carbonyl (C=O) groups is 1. The van der Waals surface area contributed by atoms with E-state index in [0.29, 0.717) is 22.7 Å². The van der Waals surface area contributed by atoms with E-state index in [1.165, 1.54) is 11.7 Å². The summed E-state index contributed by atoms with van der Waals surface area (Å²) < 4.78 is 6.47. The largest absolute Gasteiger partial charge is 0.497 e. The van der Waals surface area contributed by atoms with Crippen LogP contribution in [0.3, 0.4) is 0 Å². The number of methoxy groups -OCH3 is 1. The van der Waals surface area contributed by atoms with Gasteiger partial charge in [-0.3, -0.25) is 14.2 Å². The average molecular weight is 355 g/mol. The number of carbonyl (C=O) groups excluding carboxylic acids is 1. The summed E-state index contributed by atoms with van der Waals surface area (Å²) in [4.78, 5) is 29.6. The van der Waals surface area contributed by atoms with Crippen LogP contribution in [0.4, 0.5) is 0 Å². The van der Waals surface area contributed by atoms with Gasteiger partial charge in [0.15, 0.2) is 5.69 Å². The number of para-hydroxylation sites is 1. The van der Waals surface area contributed by atoms with Gasteiger partial charge in [0.2, 0.25) is 5.78 Å². The van der Waals surface area contributed by atoms with Gasteiger partial charge >= 0.3 is 0 Å². The normalized spacial score (nSPS) is 10.5. The van der Waals surface area contributed by atoms with Gasteiger partial charge in [-0.25, -0.2) is 4.98 Å². The number of aromatic nitrogens is 2. The standard InChI is InChI=1S/C19H15ClN2O3/c1-12-18(20)21-16(17(23)13-8-10-15(25-2)11-9-13)19(24)22(12)14-6-4-3-5-7-14/h3-11H,1-2H3. The highest BCUT2D eigenvalue weighted by Crippen LogP contribution is 2.18. The van der Waals surface area contributed by atoms with Crippen LogP contribution in [0.2, 0.25) is 5.15 Å². The molecule has 0 saturated carbocycles. The zero-order chi connectivity index (χ0) is 18.0. The summed E-state index contributed by atoms with van der Waals surface area (Å²) in [6.45, 7) is 1.69. The highest BCUT2D eigenvalue weighted by Gasteiger charge is 2.20. The molecule has 0 spiro atoms. The molecule has 3 aromatic rings. The first kappa shape index (κ1) is 16.9. The van der Waals surface area contributed by atoms with Crippen LogP contribution in [-0.2, 0) is 0 Å². The van der Waals surface area contributed by atoms with Crippen molar-refractivity contribution in [2.24, 2.45) is 0 Å². The maximum Gasteiger partial charge on any atom is 0.285 e. The van der Waals surface area contributed by atoms with Gasteiger partial charge in [-0.15, -0.1) is 0 Å². The number of benzene rings is 2. The Labute approximate surface area is 149 Å². The van der Waals surface area contributed by atoms with Gasteiger partial charge in [0.1, 0.15) is 10.9 Å². The van der Waals surface area contributed by atoms with Gasteiger partial charge in [-0.05, 0) is 43.3 Å². The van der Waals surface area contributed by atoms with E-state index in [4.69, 9.17) is 16.3 Å². The minimum absolute atomic E-state index is 0.111. The van der Waals surface area contributed by atoms with E-state index in [-0.39, 0.29) is 10.8 Å². The summed E-state index contributed by atoms with van der Waals surface area (Å²) >= 11 is 6.18. The molecule has 0 saturated heterocycles. The Bertz CT molecular complexity index is 980. The minimum Gasteiger partial charge on any atom is -0.497 e. The van der Waals surface area contributed by atoms with Gasteiger partial charge in [0.05, 0.1) is 12.8 Å². The molecule has 2 aromatic carbocycles. The molecule has 1 heterocycles. The summed E-state index contributed by atoms with van der Waals surface area (Å²) in [5.74, 6) is 0.132. The predicted octanol–water partition coefficient (Wildman–Crippen LogP) is 3.43. The fourth-order valence-electron chi connectivity index (χ4n) is 2.49. The molecule has 6 heteroatoms. The van der Waals surface area contributed by atoms with E-state index < -0.39 is 11.3 Å². The van der Waals surface area contributed by atoms with E-state index in [0.717, 1.165) is 0 Å². The topological polar surface area (TPSA) is 61.2 Å². The number of hydrogen-bond acceptors (Lipinski definition) is 4. The molecule has 3 rings (SSSR count). The summed E-state index contributed by atoms with van der Waals surface area (Å²) in [6, 6.07) is 15.5. The summed E-state index contributed by atoms with van der Waals surface area (Å²) in [5, 5.41) is 0.111. The molecule has 0 unspecified atom stereocenters. The van der Waals surface area contributed by atoms with Crippen molar-refractivity contribution in [3.63, 3.8) is 0 Å². The lowest BCUT2D eigenvalue weighted by molar-refractivity contribution is 0.103. The van der Waals surface area contributed by atoms with E-state index in [2.05, 4.69) is 4.98 Å². The molecule has 0 radical (unpaired) electrons. The molecule has 0 bridgehead atoms. The van der Waals surface area contributed by atoms with Gasteiger partial charge in [-0.2, -0.15) is 0 Å². The molecule has 0 aliphatic carbocycles. The summed E-state index contributed by atoms with van der Waals surface area (Å²) in [6.07, 6.45) is 0. The van der Waals surface area contributed by atoms with Gasteiger partial charge < -0.3 is 4.74 Å². The molecule has 0 atom stereocenters. The molecule has 5 nitrogen and oxygen atoms in total. The van der Waals surface area contributed by atoms with Crippen molar-refractivity contribution in [2.75, 3.05) is 7.11 Å². The fourth-order valence-corrected chi connectivity index (χ4v) is 2.66. The second-order valence-corrected chi connectivity index (χ2v) is 5.73. The molecular formula is C19H15ClN2O3. The van der Waals surface area contributed by atoms with Crippen LogP contribution in [0.1, 0.15) is 21.7 Å². The lowest BCUT2D eigenvalue weighted by Crippen LogP contribution is -2.29. The highest BCUT2D eigenvalue weighted by atomic mass is 35.5. The van der Waals surface area contributed by atoms with Crippen molar-refractivity contribution in [1.82, 2.24) is 9.55 Å². The van der Waals surface area contributed by atoms with Crippen molar-refractivity contribution >= 4 is 17.4 Å². The monoisotopic (exact) mass is 354 g/mol. The zero-order valence-electron chi connectivity index (χ0n) is 13.7. The Morgan fingerprint density at radius 3 is 2.32 bits per heavy atom. The van der Waals surface area contributed by atoms with Crippen LogP contribution in [0.15, 0.2) is 59.4 Å². The maximum absolute atomic E-state index is 12.9. The van der Waals surface area contributed by atoms with Crippen molar-refractivity contribution < 1.29 is 9.53 Å². The average Bonchev–Trinajstić information content (AvgIpc) is 2.65. The van der Waals surface area contributed by atoms with E-state index in [1.807, 2.05) is 6.07 Å². The molecule has 0 fully saturated rings. The van der Waals surface area contributed by atoms with Crippen LogP contribution in [-0.4, -0.2) is 22.4 Å².